The van der Waals surface area contributed by atoms with Gasteiger partial charge in [0.25, 0.3) is 7.82 Å². The van der Waals surface area contributed by atoms with E-state index in [0.717, 1.165) is 6.42 Å². The second kappa shape index (κ2) is 12.4. The molecule has 0 saturated heterocycles. The smallest absolute Gasteiger partial charge is 0.306 e. The predicted octanol–water partition coefficient (Wildman–Crippen LogP) is 1.25. The number of carbonyl (C=O) groups is 2. The van der Waals surface area contributed by atoms with Crippen LogP contribution in [-0.4, -0.2) is 70.0 Å². The van der Waals surface area contributed by atoms with Gasteiger partial charge >= 0.3 is 11.9 Å². The quantitative estimate of drug-likeness (QED) is 0.245. The van der Waals surface area contributed by atoms with E-state index in [1.54, 1.807) is 6.92 Å². The molecule has 0 bridgehead atoms. The lowest BCUT2D eigenvalue weighted by Crippen LogP contribution is -2.37. The van der Waals surface area contributed by atoms with Gasteiger partial charge in [-0.2, -0.15) is 0 Å². The summed E-state index contributed by atoms with van der Waals surface area (Å²) >= 11 is 0. The van der Waals surface area contributed by atoms with E-state index >= 15 is 0 Å². The highest BCUT2D eigenvalue weighted by molar-refractivity contribution is 7.45. The molecular formula is C16H32NO8P. The van der Waals surface area contributed by atoms with E-state index < -0.39 is 32.5 Å². The molecule has 9 nitrogen and oxygen atoms in total. The van der Waals surface area contributed by atoms with Crippen molar-refractivity contribution < 1.29 is 42.1 Å². The summed E-state index contributed by atoms with van der Waals surface area (Å²) < 4.78 is 32.0. The molecule has 2 unspecified atom stereocenters. The SMILES string of the molecule is CCCCC(=O)OC(COC(=O)CC)COP(=O)([O-])OCC[N+](C)(C)C. The van der Waals surface area contributed by atoms with E-state index in [2.05, 4.69) is 0 Å². The second-order valence-electron chi connectivity index (χ2n) is 6.84. The number of likely N-dealkylation sites (N-methyl/N-ethyl adjacent to an activating group) is 1. The molecule has 0 aromatic rings. The van der Waals surface area contributed by atoms with Gasteiger partial charge in [0.15, 0.2) is 6.10 Å². The highest BCUT2D eigenvalue weighted by Gasteiger charge is 2.21. The molecule has 2 atom stereocenters. The average molecular weight is 397 g/mol. The van der Waals surface area contributed by atoms with Crippen molar-refractivity contribution in [1.82, 2.24) is 0 Å². The highest BCUT2D eigenvalue weighted by atomic mass is 31.2. The fourth-order valence-corrected chi connectivity index (χ4v) is 2.34. The van der Waals surface area contributed by atoms with Crippen LogP contribution in [0.4, 0.5) is 0 Å². The van der Waals surface area contributed by atoms with Gasteiger partial charge in [0.1, 0.15) is 19.8 Å². The first kappa shape index (κ1) is 25.0. The minimum Gasteiger partial charge on any atom is -0.756 e. The maximum absolute atomic E-state index is 11.8. The molecule has 0 saturated carbocycles. The standard InChI is InChI=1S/C16H32NO8P/c1-6-8-9-16(19)25-14(12-22-15(18)7-2)13-24-26(20,21)23-11-10-17(3,4)5/h14H,6-13H2,1-5H3. The minimum absolute atomic E-state index is 0.0317. The zero-order valence-electron chi connectivity index (χ0n) is 16.4. The van der Waals surface area contributed by atoms with E-state index in [0.29, 0.717) is 17.4 Å². The molecule has 0 heterocycles. The molecule has 0 radical (unpaired) electrons. The largest absolute Gasteiger partial charge is 0.756 e. The molecular weight excluding hydrogens is 365 g/mol. The number of rotatable bonds is 14. The number of hydrogen-bond donors (Lipinski definition) is 0. The number of quaternary nitrogens is 1. The summed E-state index contributed by atoms with van der Waals surface area (Å²) in [4.78, 5) is 34.8. The van der Waals surface area contributed by atoms with E-state index in [1.807, 2.05) is 28.1 Å². The van der Waals surface area contributed by atoms with Crippen LogP contribution in [0.3, 0.4) is 0 Å². The molecule has 0 fully saturated rings. The van der Waals surface area contributed by atoms with Crippen LogP contribution in [0, 0.1) is 0 Å². The Balaban J connectivity index is 4.55. The van der Waals surface area contributed by atoms with Crippen LogP contribution in [0.25, 0.3) is 0 Å². The Labute approximate surface area is 155 Å². The van der Waals surface area contributed by atoms with Crippen LogP contribution >= 0.6 is 7.82 Å². The Hall–Kier alpha value is -0.990. The van der Waals surface area contributed by atoms with Gasteiger partial charge in [0, 0.05) is 12.8 Å². The van der Waals surface area contributed by atoms with Gasteiger partial charge in [-0.15, -0.1) is 0 Å². The second-order valence-corrected chi connectivity index (χ2v) is 8.25. The van der Waals surface area contributed by atoms with Gasteiger partial charge < -0.3 is 27.9 Å². The van der Waals surface area contributed by atoms with E-state index in [9.17, 15) is 19.0 Å². The van der Waals surface area contributed by atoms with Crippen LogP contribution in [-0.2, 0) is 32.7 Å². The Kier molecular flexibility index (Phi) is 11.9. The zero-order valence-corrected chi connectivity index (χ0v) is 17.3. The fraction of sp³-hybridized carbons (Fsp3) is 0.875. The number of nitrogens with zero attached hydrogens (tertiary/aromatic N) is 1. The highest BCUT2D eigenvalue weighted by Crippen LogP contribution is 2.38. The zero-order chi connectivity index (χ0) is 20.2. The summed E-state index contributed by atoms with van der Waals surface area (Å²) in [5.41, 5.74) is 0. The molecule has 0 aliphatic carbocycles. The molecule has 154 valence electrons. The van der Waals surface area contributed by atoms with Crippen LogP contribution in [0.2, 0.25) is 0 Å². The number of unbranched alkanes of at least 4 members (excludes halogenated alkanes) is 1. The van der Waals surface area contributed by atoms with E-state index in [4.69, 9.17) is 18.5 Å². The fourth-order valence-electron chi connectivity index (χ4n) is 1.61. The maximum atomic E-state index is 11.8. The summed E-state index contributed by atoms with van der Waals surface area (Å²) in [6.07, 6.45) is 0.806. The van der Waals surface area contributed by atoms with Gasteiger partial charge in [0.2, 0.25) is 0 Å². The van der Waals surface area contributed by atoms with Crippen molar-refractivity contribution >= 4 is 19.8 Å². The van der Waals surface area contributed by atoms with Crippen LogP contribution in [0.1, 0.15) is 39.5 Å². The Bertz CT molecular complexity index is 477. The lowest BCUT2D eigenvalue weighted by molar-refractivity contribution is -0.870. The third-order valence-corrected chi connectivity index (χ3v) is 4.15. The summed E-state index contributed by atoms with van der Waals surface area (Å²) in [7, 11) is 1.15. The maximum Gasteiger partial charge on any atom is 0.306 e. The monoisotopic (exact) mass is 397 g/mol. The number of esters is 2. The molecule has 0 aromatic heterocycles. The number of phosphoric acid groups is 1. The van der Waals surface area contributed by atoms with E-state index in [-0.39, 0.29) is 26.1 Å². The van der Waals surface area contributed by atoms with Crippen LogP contribution < -0.4 is 4.89 Å². The summed E-state index contributed by atoms with van der Waals surface area (Å²) in [5, 5.41) is 0. The lowest BCUT2D eigenvalue weighted by atomic mass is 10.2. The normalized spacial score (nSPS) is 15.2. The lowest BCUT2D eigenvalue weighted by Gasteiger charge is -2.28. The molecule has 0 amide bonds. The Morgan fingerprint density at radius 2 is 1.73 bits per heavy atom. The first-order valence-electron chi connectivity index (χ1n) is 8.74. The third kappa shape index (κ3) is 14.2. The van der Waals surface area contributed by atoms with Gasteiger partial charge in [0.05, 0.1) is 27.7 Å². The van der Waals surface area contributed by atoms with Crippen LogP contribution in [0.15, 0.2) is 0 Å². The summed E-state index contributed by atoms with van der Waals surface area (Å²) in [6.45, 7) is 3.24. The third-order valence-electron chi connectivity index (χ3n) is 3.18. The van der Waals surface area contributed by atoms with Crippen molar-refractivity contribution in [2.45, 2.75) is 45.6 Å². The average Bonchev–Trinajstić information content (AvgIpc) is 2.53. The Morgan fingerprint density at radius 1 is 1.08 bits per heavy atom. The summed E-state index contributed by atoms with van der Waals surface area (Å²) in [6, 6.07) is 0. The van der Waals surface area contributed by atoms with Crippen molar-refractivity contribution in [1.29, 1.82) is 0 Å². The van der Waals surface area contributed by atoms with Gasteiger partial charge in [-0.25, -0.2) is 0 Å². The molecule has 0 aliphatic rings. The molecule has 0 N–H and O–H groups in total. The van der Waals surface area contributed by atoms with Crippen molar-refractivity contribution in [2.75, 3.05) is 47.5 Å². The van der Waals surface area contributed by atoms with Crippen molar-refractivity contribution in [3.05, 3.63) is 0 Å². The molecule has 0 rings (SSSR count). The number of phosphoric ester groups is 1. The first-order valence-corrected chi connectivity index (χ1v) is 10.2. The van der Waals surface area contributed by atoms with Gasteiger partial charge in [-0.1, -0.05) is 20.3 Å². The predicted molar refractivity (Wildman–Crippen MR) is 93.1 cm³/mol. The molecule has 0 aromatic carbocycles. The molecule has 26 heavy (non-hydrogen) atoms. The van der Waals surface area contributed by atoms with Crippen LogP contribution in [0.5, 0.6) is 0 Å². The molecule has 0 spiro atoms. The van der Waals surface area contributed by atoms with Crippen molar-refractivity contribution in [3.8, 4) is 0 Å². The van der Waals surface area contributed by atoms with Crippen molar-refractivity contribution in [2.24, 2.45) is 0 Å². The molecule has 10 heteroatoms. The number of ether oxygens (including phenoxy) is 2. The minimum atomic E-state index is -4.54. The molecule has 0 aliphatic heterocycles. The Morgan fingerprint density at radius 3 is 2.27 bits per heavy atom. The van der Waals surface area contributed by atoms with Gasteiger partial charge in [-0.05, 0) is 6.42 Å². The number of hydrogen-bond acceptors (Lipinski definition) is 8. The van der Waals surface area contributed by atoms with Crippen molar-refractivity contribution in [3.63, 3.8) is 0 Å². The van der Waals surface area contributed by atoms with E-state index in [1.165, 1.54) is 0 Å². The topological polar surface area (TPSA) is 111 Å². The first-order chi connectivity index (χ1) is 12.0. The summed E-state index contributed by atoms with van der Waals surface area (Å²) in [5.74, 6) is -0.983. The van der Waals surface area contributed by atoms with Gasteiger partial charge in [-0.3, -0.25) is 14.2 Å². The number of carbonyl (C=O) groups excluding carboxylic acids is 2.